The van der Waals surface area contributed by atoms with Crippen LogP contribution in [0.15, 0.2) is 88.8 Å². The Labute approximate surface area is 185 Å². The molecule has 31 heavy (non-hydrogen) atoms. The number of carbonyl (C=O) groups is 1. The smallest absolute Gasteiger partial charge is 0.266 e. The van der Waals surface area contributed by atoms with Crippen molar-refractivity contribution in [2.75, 3.05) is 5.75 Å². The highest BCUT2D eigenvalue weighted by atomic mass is 32.2. The van der Waals surface area contributed by atoms with E-state index in [2.05, 4.69) is 5.32 Å². The van der Waals surface area contributed by atoms with Crippen molar-refractivity contribution < 1.29 is 4.79 Å². The number of carbonyl (C=O) groups excluding carboxylic acids is 1. The van der Waals surface area contributed by atoms with Crippen LogP contribution < -0.4 is 10.9 Å². The van der Waals surface area contributed by atoms with Crippen LogP contribution in [0, 0.1) is 6.92 Å². The van der Waals surface area contributed by atoms with E-state index in [9.17, 15) is 9.59 Å². The molecule has 3 aromatic carbocycles. The summed E-state index contributed by atoms with van der Waals surface area (Å²) in [6.07, 6.45) is 0. The summed E-state index contributed by atoms with van der Waals surface area (Å²) < 4.78 is 1.61. The molecule has 0 saturated carbocycles. The Kier molecular flexibility index (Phi) is 6.18. The molecule has 0 aliphatic rings. The van der Waals surface area contributed by atoms with Crippen molar-refractivity contribution in [3.63, 3.8) is 0 Å². The summed E-state index contributed by atoms with van der Waals surface area (Å²) in [5.41, 5.74) is 3.26. The number of nitrogens with zero attached hydrogens (tertiary/aromatic N) is 2. The Morgan fingerprint density at radius 3 is 2.45 bits per heavy atom. The van der Waals surface area contributed by atoms with Gasteiger partial charge in [-0.3, -0.25) is 14.2 Å². The van der Waals surface area contributed by atoms with E-state index in [0.29, 0.717) is 16.1 Å². The number of amides is 1. The Morgan fingerprint density at radius 2 is 1.68 bits per heavy atom. The molecule has 0 aliphatic heterocycles. The molecule has 1 unspecified atom stereocenters. The first-order valence-electron chi connectivity index (χ1n) is 10.1. The molecule has 4 rings (SSSR count). The molecule has 0 bridgehead atoms. The zero-order valence-electron chi connectivity index (χ0n) is 17.4. The maximum absolute atomic E-state index is 13.3. The van der Waals surface area contributed by atoms with Gasteiger partial charge in [-0.05, 0) is 43.2 Å². The van der Waals surface area contributed by atoms with Gasteiger partial charge in [0.15, 0.2) is 5.16 Å². The molecule has 0 aliphatic carbocycles. The highest BCUT2D eigenvalue weighted by Gasteiger charge is 2.16. The van der Waals surface area contributed by atoms with Gasteiger partial charge < -0.3 is 5.32 Å². The first-order chi connectivity index (χ1) is 15.0. The molecular weight excluding hydrogens is 406 g/mol. The van der Waals surface area contributed by atoms with Crippen LogP contribution in [0.4, 0.5) is 0 Å². The average Bonchev–Trinajstić information content (AvgIpc) is 2.79. The van der Waals surface area contributed by atoms with Crippen molar-refractivity contribution in [1.82, 2.24) is 14.9 Å². The maximum atomic E-state index is 13.3. The largest absolute Gasteiger partial charge is 0.349 e. The Hall–Kier alpha value is -3.38. The standard InChI is InChI=1S/C25H23N3O2S/c1-17-10-6-9-15-22(17)28-24(30)20-13-7-8-14-21(20)27-25(28)31-16-23(29)26-18(2)19-11-4-3-5-12-19/h3-15,18H,16H2,1-2H3,(H,26,29). The van der Waals surface area contributed by atoms with Crippen molar-refractivity contribution in [2.45, 2.75) is 25.0 Å². The fourth-order valence-corrected chi connectivity index (χ4v) is 4.29. The minimum absolute atomic E-state index is 0.0996. The van der Waals surface area contributed by atoms with Gasteiger partial charge >= 0.3 is 0 Å². The molecule has 0 spiro atoms. The first-order valence-corrected chi connectivity index (χ1v) is 11.1. The minimum Gasteiger partial charge on any atom is -0.349 e. The molecule has 6 heteroatoms. The lowest BCUT2D eigenvalue weighted by Crippen LogP contribution is -2.29. The van der Waals surface area contributed by atoms with E-state index < -0.39 is 0 Å². The number of para-hydroxylation sites is 2. The van der Waals surface area contributed by atoms with Gasteiger partial charge in [0.25, 0.3) is 5.56 Å². The van der Waals surface area contributed by atoms with Crippen LogP contribution in [0.2, 0.25) is 0 Å². The van der Waals surface area contributed by atoms with Crippen LogP contribution in [-0.2, 0) is 4.79 Å². The number of aromatic nitrogens is 2. The van der Waals surface area contributed by atoms with Gasteiger partial charge in [0.2, 0.25) is 5.91 Å². The van der Waals surface area contributed by atoms with Crippen molar-refractivity contribution in [3.8, 4) is 5.69 Å². The lowest BCUT2D eigenvalue weighted by atomic mass is 10.1. The number of aryl methyl sites for hydroxylation is 1. The van der Waals surface area contributed by atoms with E-state index in [-0.39, 0.29) is 23.3 Å². The zero-order valence-corrected chi connectivity index (χ0v) is 18.2. The molecule has 1 atom stereocenters. The second-order valence-electron chi connectivity index (χ2n) is 7.33. The van der Waals surface area contributed by atoms with Crippen molar-refractivity contribution in [2.24, 2.45) is 0 Å². The van der Waals surface area contributed by atoms with Crippen LogP contribution >= 0.6 is 11.8 Å². The summed E-state index contributed by atoms with van der Waals surface area (Å²) in [6, 6.07) is 24.7. The summed E-state index contributed by atoms with van der Waals surface area (Å²) >= 11 is 1.26. The molecule has 1 N–H and O–H groups in total. The molecule has 1 amide bonds. The number of fused-ring (bicyclic) bond motifs is 1. The molecule has 0 fully saturated rings. The van der Waals surface area contributed by atoms with Gasteiger partial charge in [-0.1, -0.05) is 72.4 Å². The van der Waals surface area contributed by atoms with Gasteiger partial charge in [-0.15, -0.1) is 0 Å². The SMILES string of the molecule is Cc1ccccc1-n1c(SCC(=O)NC(C)c2ccccc2)nc2ccccc2c1=O. The number of nitrogens with one attached hydrogen (secondary N) is 1. The van der Waals surface area contributed by atoms with Crippen molar-refractivity contribution in [3.05, 3.63) is 100 Å². The average molecular weight is 430 g/mol. The van der Waals surface area contributed by atoms with Gasteiger partial charge in [0.1, 0.15) is 0 Å². The maximum Gasteiger partial charge on any atom is 0.266 e. The van der Waals surface area contributed by atoms with Gasteiger partial charge in [0, 0.05) is 0 Å². The Bertz CT molecular complexity index is 1280. The summed E-state index contributed by atoms with van der Waals surface area (Å²) in [6.45, 7) is 3.91. The number of rotatable bonds is 6. The van der Waals surface area contributed by atoms with Gasteiger partial charge in [-0.2, -0.15) is 0 Å². The third-order valence-corrected chi connectivity index (χ3v) is 6.05. The summed E-state index contributed by atoms with van der Waals surface area (Å²) in [5.74, 6) is 0.0495. The summed E-state index contributed by atoms with van der Waals surface area (Å²) in [4.78, 5) is 30.6. The molecule has 1 heterocycles. The predicted octanol–water partition coefficient (Wildman–Crippen LogP) is 4.66. The number of benzene rings is 3. The Morgan fingerprint density at radius 1 is 1.00 bits per heavy atom. The van der Waals surface area contributed by atoms with E-state index >= 15 is 0 Å². The first kappa shape index (κ1) is 20.9. The van der Waals surface area contributed by atoms with Crippen LogP contribution in [-0.4, -0.2) is 21.2 Å². The van der Waals surface area contributed by atoms with Crippen LogP contribution in [0.1, 0.15) is 24.1 Å². The number of thioether (sulfide) groups is 1. The van der Waals surface area contributed by atoms with E-state index in [0.717, 1.165) is 16.8 Å². The third-order valence-electron chi connectivity index (χ3n) is 5.11. The summed E-state index contributed by atoms with van der Waals surface area (Å²) in [5, 5.41) is 4.07. The zero-order chi connectivity index (χ0) is 21.8. The van der Waals surface area contributed by atoms with Crippen LogP contribution in [0.25, 0.3) is 16.6 Å². The highest BCUT2D eigenvalue weighted by molar-refractivity contribution is 7.99. The molecule has 4 aromatic rings. The fourth-order valence-electron chi connectivity index (χ4n) is 3.47. The van der Waals surface area contributed by atoms with Gasteiger partial charge in [0.05, 0.1) is 28.4 Å². The van der Waals surface area contributed by atoms with E-state index in [1.54, 1.807) is 10.6 Å². The predicted molar refractivity (Wildman–Crippen MR) is 126 cm³/mol. The number of hydrogen-bond donors (Lipinski definition) is 1. The molecule has 1 aromatic heterocycles. The quantitative estimate of drug-likeness (QED) is 0.358. The molecule has 156 valence electrons. The highest BCUT2D eigenvalue weighted by Crippen LogP contribution is 2.23. The van der Waals surface area contributed by atoms with E-state index in [1.807, 2.05) is 86.6 Å². The Balaban J connectivity index is 1.64. The minimum atomic E-state index is -0.138. The monoisotopic (exact) mass is 429 g/mol. The van der Waals surface area contributed by atoms with E-state index in [1.165, 1.54) is 11.8 Å². The van der Waals surface area contributed by atoms with Crippen LogP contribution in [0.5, 0.6) is 0 Å². The third kappa shape index (κ3) is 4.54. The van der Waals surface area contributed by atoms with Crippen molar-refractivity contribution in [1.29, 1.82) is 0 Å². The summed E-state index contributed by atoms with van der Waals surface area (Å²) in [7, 11) is 0. The molecular formula is C25H23N3O2S. The van der Waals surface area contributed by atoms with E-state index in [4.69, 9.17) is 4.98 Å². The molecule has 0 radical (unpaired) electrons. The van der Waals surface area contributed by atoms with Gasteiger partial charge in [-0.25, -0.2) is 4.98 Å². The lowest BCUT2D eigenvalue weighted by molar-refractivity contribution is -0.119. The topological polar surface area (TPSA) is 64.0 Å². The second kappa shape index (κ2) is 9.18. The van der Waals surface area contributed by atoms with Crippen molar-refractivity contribution >= 4 is 28.6 Å². The fraction of sp³-hybridized carbons (Fsp3) is 0.160. The second-order valence-corrected chi connectivity index (χ2v) is 8.27. The van der Waals surface area contributed by atoms with Crippen LogP contribution in [0.3, 0.4) is 0 Å². The normalized spacial score (nSPS) is 11.9. The number of hydrogen-bond acceptors (Lipinski definition) is 4. The lowest BCUT2D eigenvalue weighted by Gasteiger charge is -2.16. The molecule has 5 nitrogen and oxygen atoms in total. The molecule has 0 saturated heterocycles.